The first-order valence-corrected chi connectivity index (χ1v) is 12.3. The zero-order valence-electron chi connectivity index (χ0n) is 19.0. The highest BCUT2D eigenvalue weighted by molar-refractivity contribution is 5.69. The average Bonchev–Trinajstić information content (AvgIpc) is 2.64. The molecule has 2 nitrogen and oxygen atoms in total. The number of esters is 1. The lowest BCUT2D eigenvalue weighted by atomic mass is 10.0. The van der Waals surface area contributed by atoms with E-state index in [9.17, 15) is 4.79 Å². The fourth-order valence-electron chi connectivity index (χ4n) is 3.55. The van der Waals surface area contributed by atoms with Gasteiger partial charge in [-0.15, -0.1) is 0 Å². The molecule has 0 aliphatic rings. The van der Waals surface area contributed by atoms with Crippen molar-refractivity contribution < 1.29 is 9.53 Å². The Labute approximate surface area is 171 Å². The van der Waals surface area contributed by atoms with Crippen molar-refractivity contribution in [1.29, 1.82) is 0 Å². The molecule has 0 fully saturated rings. The summed E-state index contributed by atoms with van der Waals surface area (Å²) >= 11 is 0. The summed E-state index contributed by atoms with van der Waals surface area (Å²) in [5, 5.41) is 0. The van der Waals surface area contributed by atoms with Gasteiger partial charge in [-0.3, -0.25) is 4.79 Å². The van der Waals surface area contributed by atoms with Gasteiger partial charge in [-0.05, 0) is 18.8 Å². The van der Waals surface area contributed by atoms with Crippen LogP contribution in [0.5, 0.6) is 0 Å². The lowest BCUT2D eigenvalue weighted by Gasteiger charge is -2.06. The fourth-order valence-corrected chi connectivity index (χ4v) is 3.55. The Morgan fingerprint density at radius 2 is 1.07 bits per heavy atom. The van der Waals surface area contributed by atoms with Gasteiger partial charge < -0.3 is 4.74 Å². The van der Waals surface area contributed by atoms with Crippen LogP contribution in [0.1, 0.15) is 143 Å². The van der Waals surface area contributed by atoms with Crippen molar-refractivity contribution in [2.24, 2.45) is 5.92 Å². The van der Waals surface area contributed by atoms with Gasteiger partial charge >= 0.3 is 5.97 Å². The first-order chi connectivity index (χ1) is 13.2. The van der Waals surface area contributed by atoms with Gasteiger partial charge in [0.15, 0.2) is 0 Å². The third-order valence-corrected chi connectivity index (χ3v) is 5.42. The van der Waals surface area contributed by atoms with Crippen LogP contribution in [-0.2, 0) is 9.53 Å². The summed E-state index contributed by atoms with van der Waals surface area (Å²) in [6.45, 7) is 7.51. The number of hydrogen-bond donors (Lipinski definition) is 0. The van der Waals surface area contributed by atoms with Crippen molar-refractivity contribution in [3.63, 3.8) is 0 Å². The molecule has 0 aromatic carbocycles. The maximum Gasteiger partial charge on any atom is 0.305 e. The minimum atomic E-state index is 0.0161. The molecule has 0 aromatic rings. The highest BCUT2D eigenvalue weighted by Gasteiger charge is 2.02. The molecule has 0 saturated heterocycles. The summed E-state index contributed by atoms with van der Waals surface area (Å²) in [5.41, 5.74) is 0. The molecule has 0 bridgehead atoms. The summed E-state index contributed by atoms with van der Waals surface area (Å²) in [6, 6.07) is 0. The average molecular weight is 383 g/mol. The van der Waals surface area contributed by atoms with Crippen LogP contribution in [0.2, 0.25) is 0 Å². The standard InChI is InChI=1S/C25H50O2/c1-4-5-6-7-8-13-16-19-22-25(26)27-23-20-17-14-11-9-10-12-15-18-21-24(2)3/h24H,4-23H2,1-3H3. The van der Waals surface area contributed by atoms with Gasteiger partial charge in [-0.25, -0.2) is 0 Å². The van der Waals surface area contributed by atoms with Gasteiger partial charge in [0, 0.05) is 6.42 Å². The molecule has 0 amide bonds. The molecule has 0 unspecified atom stereocenters. The minimum absolute atomic E-state index is 0.0161. The number of rotatable bonds is 21. The molecular weight excluding hydrogens is 332 g/mol. The zero-order chi connectivity index (χ0) is 20.0. The molecule has 0 N–H and O–H groups in total. The van der Waals surface area contributed by atoms with E-state index in [2.05, 4.69) is 20.8 Å². The number of hydrogen-bond acceptors (Lipinski definition) is 2. The largest absolute Gasteiger partial charge is 0.466 e. The molecular formula is C25H50O2. The minimum Gasteiger partial charge on any atom is -0.466 e. The molecule has 27 heavy (non-hydrogen) atoms. The second-order valence-corrected chi connectivity index (χ2v) is 8.81. The highest BCUT2D eigenvalue weighted by Crippen LogP contribution is 2.13. The third-order valence-electron chi connectivity index (χ3n) is 5.42. The fraction of sp³-hybridized carbons (Fsp3) is 0.960. The molecule has 0 aromatic heterocycles. The van der Waals surface area contributed by atoms with Crippen LogP contribution < -0.4 is 0 Å². The smallest absolute Gasteiger partial charge is 0.305 e. The molecule has 0 rings (SSSR count). The van der Waals surface area contributed by atoms with E-state index in [4.69, 9.17) is 4.74 Å². The van der Waals surface area contributed by atoms with E-state index >= 15 is 0 Å². The van der Waals surface area contributed by atoms with E-state index < -0.39 is 0 Å². The predicted molar refractivity (Wildman–Crippen MR) is 119 cm³/mol. The molecule has 0 aliphatic carbocycles. The van der Waals surface area contributed by atoms with Gasteiger partial charge in [-0.2, -0.15) is 0 Å². The quantitative estimate of drug-likeness (QED) is 0.147. The van der Waals surface area contributed by atoms with E-state index in [1.165, 1.54) is 103 Å². The molecule has 0 aliphatic heterocycles. The van der Waals surface area contributed by atoms with E-state index in [1.54, 1.807) is 0 Å². The van der Waals surface area contributed by atoms with Crippen LogP contribution in [0.25, 0.3) is 0 Å². The molecule has 162 valence electrons. The van der Waals surface area contributed by atoms with Crippen LogP contribution >= 0.6 is 0 Å². The van der Waals surface area contributed by atoms with Gasteiger partial charge in [-0.1, -0.05) is 124 Å². The summed E-state index contributed by atoms with van der Waals surface area (Å²) < 4.78 is 5.35. The van der Waals surface area contributed by atoms with Gasteiger partial charge in [0.05, 0.1) is 6.61 Å². The van der Waals surface area contributed by atoms with Crippen LogP contribution in [0.15, 0.2) is 0 Å². The Morgan fingerprint density at radius 3 is 1.59 bits per heavy atom. The first kappa shape index (κ1) is 26.5. The van der Waals surface area contributed by atoms with Crippen LogP contribution in [-0.4, -0.2) is 12.6 Å². The molecule has 0 saturated carbocycles. The summed E-state index contributed by atoms with van der Waals surface area (Å²) in [4.78, 5) is 11.7. The maximum absolute atomic E-state index is 11.7. The van der Waals surface area contributed by atoms with Crippen molar-refractivity contribution in [2.45, 2.75) is 143 Å². The molecule has 0 atom stereocenters. The Hall–Kier alpha value is -0.530. The monoisotopic (exact) mass is 382 g/mol. The van der Waals surface area contributed by atoms with Gasteiger partial charge in [0.25, 0.3) is 0 Å². The van der Waals surface area contributed by atoms with Gasteiger partial charge in [0.2, 0.25) is 0 Å². The topological polar surface area (TPSA) is 26.3 Å². The summed E-state index contributed by atoms with van der Waals surface area (Å²) in [6.07, 6.45) is 24.1. The van der Waals surface area contributed by atoms with E-state index in [1.807, 2.05) is 0 Å². The Kier molecular flexibility index (Phi) is 21.3. The van der Waals surface area contributed by atoms with Crippen molar-refractivity contribution in [3.05, 3.63) is 0 Å². The second-order valence-electron chi connectivity index (χ2n) is 8.81. The van der Waals surface area contributed by atoms with Crippen LogP contribution in [0.4, 0.5) is 0 Å². The maximum atomic E-state index is 11.7. The molecule has 0 radical (unpaired) electrons. The van der Waals surface area contributed by atoms with Crippen molar-refractivity contribution >= 4 is 5.97 Å². The summed E-state index contributed by atoms with van der Waals surface area (Å²) in [7, 11) is 0. The van der Waals surface area contributed by atoms with E-state index in [0.29, 0.717) is 13.0 Å². The normalized spacial score (nSPS) is 11.3. The van der Waals surface area contributed by atoms with Crippen LogP contribution in [0.3, 0.4) is 0 Å². The molecule has 0 heterocycles. The molecule has 2 heteroatoms. The predicted octanol–water partition coefficient (Wildman–Crippen LogP) is 8.62. The highest BCUT2D eigenvalue weighted by atomic mass is 16.5. The zero-order valence-corrected chi connectivity index (χ0v) is 19.0. The number of carbonyl (C=O) groups excluding carboxylic acids is 1. The lowest BCUT2D eigenvalue weighted by Crippen LogP contribution is -2.05. The lowest BCUT2D eigenvalue weighted by molar-refractivity contribution is -0.143. The van der Waals surface area contributed by atoms with Crippen LogP contribution in [0, 0.1) is 5.92 Å². The van der Waals surface area contributed by atoms with Crippen molar-refractivity contribution in [2.75, 3.05) is 6.61 Å². The van der Waals surface area contributed by atoms with Gasteiger partial charge in [0.1, 0.15) is 0 Å². The second kappa shape index (κ2) is 21.8. The number of unbranched alkanes of at least 4 members (excludes halogenated alkanes) is 15. The Balaban J connectivity index is 3.14. The first-order valence-electron chi connectivity index (χ1n) is 12.3. The molecule has 0 spiro atoms. The number of ether oxygens (including phenoxy) is 1. The Morgan fingerprint density at radius 1 is 0.630 bits per heavy atom. The SMILES string of the molecule is CCCCCCCCCCC(=O)OCCCCCCCCCCCC(C)C. The van der Waals surface area contributed by atoms with Crippen molar-refractivity contribution in [3.8, 4) is 0 Å². The number of carbonyl (C=O) groups is 1. The summed E-state index contributed by atoms with van der Waals surface area (Å²) in [5.74, 6) is 0.877. The van der Waals surface area contributed by atoms with E-state index in [0.717, 1.165) is 18.8 Å². The van der Waals surface area contributed by atoms with Crippen molar-refractivity contribution in [1.82, 2.24) is 0 Å². The third kappa shape index (κ3) is 23.4. The van der Waals surface area contributed by atoms with E-state index in [-0.39, 0.29) is 5.97 Å². The Bertz CT molecular complexity index is 299.